The lowest BCUT2D eigenvalue weighted by molar-refractivity contribution is -0.133. The van der Waals surface area contributed by atoms with Crippen molar-refractivity contribution >= 4 is 0 Å². The van der Waals surface area contributed by atoms with E-state index in [1.54, 1.807) is 7.11 Å². The predicted molar refractivity (Wildman–Crippen MR) is 40.3 cm³/mol. The van der Waals surface area contributed by atoms with Crippen molar-refractivity contribution in [2.24, 2.45) is 0 Å². The van der Waals surface area contributed by atoms with Gasteiger partial charge >= 0.3 is 0 Å². The van der Waals surface area contributed by atoms with Crippen LogP contribution in [0.2, 0.25) is 0 Å². The largest absolute Gasteiger partial charge is 0.382 e. The van der Waals surface area contributed by atoms with Crippen LogP contribution in [0.1, 0.15) is 6.92 Å². The zero-order valence-corrected chi connectivity index (χ0v) is 7.17. The molecule has 4 heteroatoms. The molecule has 0 saturated heterocycles. The Bertz CT molecular complexity index is 59.5. The lowest BCUT2D eigenvalue weighted by Gasteiger charge is -2.04. The van der Waals surface area contributed by atoms with Gasteiger partial charge < -0.3 is 18.9 Å². The number of ether oxygens (including phenoxy) is 4. The Kier molecular flexibility index (Phi) is 9.70. The van der Waals surface area contributed by atoms with Gasteiger partial charge in [-0.05, 0) is 6.92 Å². The third kappa shape index (κ3) is 9.84. The highest BCUT2D eigenvalue weighted by molar-refractivity contribution is 4.21. The van der Waals surface area contributed by atoms with Crippen LogP contribution in [0.15, 0.2) is 0 Å². The van der Waals surface area contributed by atoms with E-state index < -0.39 is 0 Å². The molecule has 0 radical (unpaired) electrons. The van der Waals surface area contributed by atoms with E-state index in [0.717, 1.165) is 0 Å². The van der Waals surface area contributed by atoms with E-state index in [4.69, 9.17) is 18.9 Å². The second kappa shape index (κ2) is 9.84. The minimum absolute atomic E-state index is 0.267. The molecule has 0 heterocycles. The van der Waals surface area contributed by atoms with E-state index in [1.165, 1.54) is 0 Å². The molecule has 0 spiro atoms. The van der Waals surface area contributed by atoms with Gasteiger partial charge in [-0.2, -0.15) is 0 Å². The van der Waals surface area contributed by atoms with Crippen molar-refractivity contribution < 1.29 is 18.9 Å². The molecule has 4 nitrogen and oxygen atoms in total. The van der Waals surface area contributed by atoms with E-state index in [-0.39, 0.29) is 6.79 Å². The van der Waals surface area contributed by atoms with E-state index in [0.29, 0.717) is 26.6 Å². The molecule has 0 aliphatic heterocycles. The Balaban J connectivity index is 2.69. The summed E-state index contributed by atoms with van der Waals surface area (Å²) in [5.74, 6) is 0. The van der Waals surface area contributed by atoms with Crippen LogP contribution in [-0.4, -0.2) is 40.5 Å². The first kappa shape index (κ1) is 10.8. The van der Waals surface area contributed by atoms with Gasteiger partial charge in [0.1, 0.15) is 13.6 Å². The lowest BCUT2D eigenvalue weighted by atomic mass is 10.8. The number of hydrogen-bond acceptors (Lipinski definition) is 4. The monoisotopic (exact) mass is 164 g/mol. The highest BCUT2D eigenvalue weighted by atomic mass is 16.7. The van der Waals surface area contributed by atoms with Crippen LogP contribution >= 0.6 is 0 Å². The number of hydrogen-bond donors (Lipinski definition) is 0. The molecule has 0 aliphatic carbocycles. The molecule has 0 fully saturated rings. The van der Waals surface area contributed by atoms with Gasteiger partial charge in [0.25, 0.3) is 0 Å². The first-order valence-electron chi connectivity index (χ1n) is 3.64. The maximum atomic E-state index is 4.99. The molecule has 68 valence electrons. The number of rotatable bonds is 8. The third-order valence-corrected chi connectivity index (χ3v) is 0.969. The molecule has 0 bridgehead atoms. The SMILES string of the molecule is CCOCOCOCCOC. The molecule has 0 atom stereocenters. The maximum absolute atomic E-state index is 4.99. The van der Waals surface area contributed by atoms with Gasteiger partial charge in [0, 0.05) is 13.7 Å². The average molecular weight is 164 g/mol. The molecule has 0 rings (SSSR count). The normalized spacial score (nSPS) is 10.4. The van der Waals surface area contributed by atoms with Crippen LogP contribution in [0.4, 0.5) is 0 Å². The molecular formula is C7H16O4. The van der Waals surface area contributed by atoms with Crippen molar-refractivity contribution in [2.45, 2.75) is 6.92 Å². The van der Waals surface area contributed by atoms with E-state index in [1.807, 2.05) is 6.92 Å². The van der Waals surface area contributed by atoms with Crippen LogP contribution in [0.25, 0.3) is 0 Å². The summed E-state index contributed by atoms with van der Waals surface area (Å²) >= 11 is 0. The van der Waals surface area contributed by atoms with Crippen LogP contribution in [0.5, 0.6) is 0 Å². The second-order valence-corrected chi connectivity index (χ2v) is 1.83. The molecule has 0 unspecified atom stereocenters. The minimum atomic E-state index is 0.267. The molecule has 0 aromatic heterocycles. The lowest BCUT2D eigenvalue weighted by Crippen LogP contribution is -2.07. The van der Waals surface area contributed by atoms with Crippen LogP contribution < -0.4 is 0 Å². The van der Waals surface area contributed by atoms with Crippen molar-refractivity contribution in [3.8, 4) is 0 Å². The van der Waals surface area contributed by atoms with E-state index in [9.17, 15) is 0 Å². The van der Waals surface area contributed by atoms with Gasteiger partial charge in [0.15, 0.2) is 0 Å². The summed E-state index contributed by atoms with van der Waals surface area (Å²) in [6.45, 7) is 4.29. The van der Waals surface area contributed by atoms with Gasteiger partial charge in [-0.3, -0.25) is 0 Å². The summed E-state index contributed by atoms with van der Waals surface area (Å²) < 4.78 is 19.6. The molecular weight excluding hydrogens is 148 g/mol. The van der Waals surface area contributed by atoms with Crippen molar-refractivity contribution in [1.82, 2.24) is 0 Å². The van der Waals surface area contributed by atoms with Gasteiger partial charge in [-0.1, -0.05) is 0 Å². The van der Waals surface area contributed by atoms with Crippen LogP contribution in [0.3, 0.4) is 0 Å². The van der Waals surface area contributed by atoms with Crippen molar-refractivity contribution in [1.29, 1.82) is 0 Å². The van der Waals surface area contributed by atoms with E-state index in [2.05, 4.69) is 0 Å². The summed E-state index contributed by atoms with van der Waals surface area (Å²) in [6.07, 6.45) is 0. The zero-order chi connectivity index (χ0) is 8.36. The zero-order valence-electron chi connectivity index (χ0n) is 7.17. The molecule has 0 aliphatic rings. The molecule has 0 aromatic carbocycles. The quantitative estimate of drug-likeness (QED) is 0.389. The summed E-state index contributed by atoms with van der Waals surface area (Å²) in [7, 11) is 1.63. The Morgan fingerprint density at radius 2 is 1.64 bits per heavy atom. The molecule has 0 amide bonds. The van der Waals surface area contributed by atoms with Crippen molar-refractivity contribution in [3.63, 3.8) is 0 Å². The van der Waals surface area contributed by atoms with Gasteiger partial charge in [-0.25, -0.2) is 0 Å². The second-order valence-electron chi connectivity index (χ2n) is 1.83. The average Bonchev–Trinajstić information content (AvgIpc) is 2.03. The summed E-state index contributed by atoms with van der Waals surface area (Å²) in [5.41, 5.74) is 0. The highest BCUT2D eigenvalue weighted by Crippen LogP contribution is 1.80. The van der Waals surface area contributed by atoms with Crippen LogP contribution in [-0.2, 0) is 18.9 Å². The van der Waals surface area contributed by atoms with E-state index >= 15 is 0 Å². The first-order chi connectivity index (χ1) is 5.41. The third-order valence-electron chi connectivity index (χ3n) is 0.969. The minimum Gasteiger partial charge on any atom is -0.382 e. The predicted octanol–water partition coefficient (Wildman–Crippen LogP) is 0.617. The van der Waals surface area contributed by atoms with Gasteiger partial charge in [0.2, 0.25) is 0 Å². The fraction of sp³-hybridized carbons (Fsp3) is 1.00. The molecule has 0 N–H and O–H groups in total. The van der Waals surface area contributed by atoms with Crippen LogP contribution in [0, 0.1) is 0 Å². The fourth-order valence-corrected chi connectivity index (χ4v) is 0.436. The summed E-state index contributed by atoms with van der Waals surface area (Å²) in [6, 6.07) is 0. The topological polar surface area (TPSA) is 36.9 Å². The molecule has 11 heavy (non-hydrogen) atoms. The Labute approximate surface area is 67.4 Å². The standard InChI is InChI=1S/C7H16O4/c1-3-9-6-11-7-10-5-4-8-2/h3-7H2,1-2H3. The van der Waals surface area contributed by atoms with Crippen molar-refractivity contribution in [3.05, 3.63) is 0 Å². The molecule has 0 aromatic rings. The first-order valence-corrected chi connectivity index (χ1v) is 3.64. The Morgan fingerprint density at radius 3 is 2.27 bits per heavy atom. The Morgan fingerprint density at radius 1 is 0.909 bits per heavy atom. The molecule has 0 saturated carbocycles. The fourth-order valence-electron chi connectivity index (χ4n) is 0.436. The Hall–Kier alpha value is -0.160. The number of methoxy groups -OCH3 is 1. The van der Waals surface area contributed by atoms with Gasteiger partial charge in [-0.15, -0.1) is 0 Å². The summed E-state index contributed by atoms with van der Waals surface area (Å²) in [5, 5.41) is 0. The van der Waals surface area contributed by atoms with Gasteiger partial charge in [0.05, 0.1) is 13.2 Å². The smallest absolute Gasteiger partial charge is 0.149 e. The highest BCUT2D eigenvalue weighted by Gasteiger charge is 1.86. The maximum Gasteiger partial charge on any atom is 0.149 e. The summed E-state index contributed by atoms with van der Waals surface area (Å²) in [4.78, 5) is 0. The van der Waals surface area contributed by atoms with Crippen molar-refractivity contribution in [2.75, 3.05) is 40.5 Å².